The van der Waals surface area contributed by atoms with Gasteiger partial charge in [-0.3, -0.25) is 13.9 Å². The molecule has 1 atom stereocenters. The maximum absolute atomic E-state index is 13.1. The van der Waals surface area contributed by atoms with Crippen LogP contribution >= 0.6 is 0 Å². The number of benzene rings is 2. The van der Waals surface area contributed by atoms with Gasteiger partial charge in [0.05, 0.1) is 23.2 Å². The summed E-state index contributed by atoms with van der Waals surface area (Å²) >= 11 is 0. The highest BCUT2D eigenvalue weighted by Crippen LogP contribution is 2.27. The maximum Gasteiger partial charge on any atom is 0.255 e. The Labute approximate surface area is 184 Å². The lowest BCUT2D eigenvalue weighted by Crippen LogP contribution is -2.46. The molecule has 1 aliphatic heterocycles. The predicted octanol–water partition coefficient (Wildman–Crippen LogP) is 3.33. The summed E-state index contributed by atoms with van der Waals surface area (Å²) in [5.41, 5.74) is 2.89. The zero-order chi connectivity index (χ0) is 22.8. The molecule has 31 heavy (non-hydrogen) atoms. The van der Waals surface area contributed by atoms with Crippen LogP contribution in [0.15, 0.2) is 42.5 Å². The number of likely N-dealkylation sites (tertiary alicyclic amines) is 1. The van der Waals surface area contributed by atoms with Crippen molar-refractivity contribution < 1.29 is 18.0 Å². The number of carbonyl (C=O) groups is 2. The number of hydrogen-bond donors (Lipinski definition) is 1. The number of nitrogens with zero attached hydrogens (tertiary/aromatic N) is 2. The smallest absolute Gasteiger partial charge is 0.255 e. The Morgan fingerprint density at radius 3 is 2.35 bits per heavy atom. The second kappa shape index (κ2) is 9.09. The number of para-hydroxylation sites is 1. The van der Waals surface area contributed by atoms with Crippen molar-refractivity contribution in [2.45, 2.75) is 39.7 Å². The van der Waals surface area contributed by atoms with E-state index in [0.29, 0.717) is 30.0 Å². The van der Waals surface area contributed by atoms with Crippen molar-refractivity contribution in [2.75, 3.05) is 29.0 Å². The molecule has 7 nitrogen and oxygen atoms in total. The number of anilines is 2. The fraction of sp³-hybridized carbons (Fsp3) is 0.391. The van der Waals surface area contributed by atoms with Crippen molar-refractivity contribution in [3.8, 4) is 0 Å². The van der Waals surface area contributed by atoms with Crippen molar-refractivity contribution >= 4 is 33.2 Å². The summed E-state index contributed by atoms with van der Waals surface area (Å²) in [6.45, 7) is 6.62. The van der Waals surface area contributed by atoms with Gasteiger partial charge >= 0.3 is 0 Å². The summed E-state index contributed by atoms with van der Waals surface area (Å²) in [4.78, 5) is 27.8. The Hall–Kier alpha value is -2.87. The molecule has 0 aromatic heterocycles. The Bertz CT molecular complexity index is 1090. The molecular weight excluding hydrogens is 414 g/mol. The lowest BCUT2D eigenvalue weighted by Gasteiger charge is -2.30. The second-order valence-electron chi connectivity index (χ2n) is 8.06. The van der Waals surface area contributed by atoms with Gasteiger partial charge in [-0.15, -0.1) is 0 Å². The van der Waals surface area contributed by atoms with Crippen LogP contribution in [0.1, 0.15) is 41.3 Å². The van der Waals surface area contributed by atoms with Crippen LogP contribution < -0.4 is 9.62 Å². The Balaban J connectivity index is 1.90. The maximum atomic E-state index is 13.1. The topological polar surface area (TPSA) is 86.8 Å². The number of amides is 2. The van der Waals surface area contributed by atoms with Gasteiger partial charge in [-0.2, -0.15) is 0 Å². The predicted molar refractivity (Wildman–Crippen MR) is 123 cm³/mol. The van der Waals surface area contributed by atoms with E-state index in [4.69, 9.17) is 0 Å². The highest BCUT2D eigenvalue weighted by molar-refractivity contribution is 7.92. The van der Waals surface area contributed by atoms with E-state index < -0.39 is 22.0 Å². The SMILES string of the molecule is Cc1ccc(C)c(N([C@@H](C)C(=O)Nc2ccccc2C(=O)N2CCCC2)S(C)(=O)=O)c1. The molecule has 1 fully saturated rings. The molecule has 2 amide bonds. The largest absolute Gasteiger partial charge is 0.339 e. The minimum atomic E-state index is -3.74. The van der Waals surface area contributed by atoms with Crippen LogP contribution in [-0.2, 0) is 14.8 Å². The molecule has 0 radical (unpaired) electrons. The summed E-state index contributed by atoms with van der Waals surface area (Å²) in [5.74, 6) is -0.636. The number of nitrogens with one attached hydrogen (secondary N) is 1. The molecule has 1 saturated heterocycles. The number of hydrogen-bond acceptors (Lipinski definition) is 4. The standard InChI is InChI=1S/C23H29N3O4S/c1-16-11-12-17(2)21(15-16)26(31(4,29)30)18(3)22(27)24-20-10-6-5-9-19(20)23(28)25-13-7-8-14-25/h5-6,9-12,15,18H,7-8,13-14H2,1-4H3,(H,24,27)/t18-/m0/s1. The van der Waals surface area contributed by atoms with Gasteiger partial charge < -0.3 is 10.2 Å². The molecule has 2 aromatic rings. The lowest BCUT2D eigenvalue weighted by molar-refractivity contribution is -0.116. The molecule has 2 aromatic carbocycles. The van der Waals surface area contributed by atoms with Crippen LogP contribution in [-0.4, -0.2) is 50.5 Å². The molecule has 0 spiro atoms. The van der Waals surface area contributed by atoms with Crippen LogP contribution in [0.3, 0.4) is 0 Å². The zero-order valence-electron chi connectivity index (χ0n) is 18.4. The van der Waals surface area contributed by atoms with Gasteiger partial charge in [-0.1, -0.05) is 24.3 Å². The fourth-order valence-corrected chi connectivity index (χ4v) is 5.07. The van der Waals surface area contributed by atoms with E-state index >= 15 is 0 Å². The van der Waals surface area contributed by atoms with Crippen molar-refractivity contribution in [2.24, 2.45) is 0 Å². The first kappa shape index (κ1) is 22.8. The molecule has 3 rings (SSSR count). The van der Waals surface area contributed by atoms with Gasteiger partial charge in [-0.25, -0.2) is 8.42 Å². The van der Waals surface area contributed by atoms with Crippen LogP contribution in [0.5, 0.6) is 0 Å². The molecule has 0 unspecified atom stereocenters. The molecule has 0 aliphatic carbocycles. The van der Waals surface area contributed by atoms with E-state index in [1.165, 1.54) is 0 Å². The van der Waals surface area contributed by atoms with Crippen LogP contribution in [0.4, 0.5) is 11.4 Å². The van der Waals surface area contributed by atoms with E-state index in [1.54, 1.807) is 42.2 Å². The number of carbonyl (C=O) groups excluding carboxylic acids is 2. The lowest BCUT2D eigenvalue weighted by atomic mass is 10.1. The summed E-state index contributed by atoms with van der Waals surface area (Å²) in [5, 5.41) is 2.78. The minimum Gasteiger partial charge on any atom is -0.339 e. The highest BCUT2D eigenvalue weighted by Gasteiger charge is 2.31. The monoisotopic (exact) mass is 443 g/mol. The van der Waals surface area contributed by atoms with Gasteiger partial charge in [0, 0.05) is 13.1 Å². The summed E-state index contributed by atoms with van der Waals surface area (Å²) in [7, 11) is -3.74. The third-order valence-corrected chi connectivity index (χ3v) is 6.73. The van der Waals surface area contributed by atoms with Gasteiger partial charge in [0.25, 0.3) is 5.91 Å². The average molecular weight is 444 g/mol. The second-order valence-corrected chi connectivity index (χ2v) is 9.92. The van der Waals surface area contributed by atoms with Crippen LogP contribution in [0, 0.1) is 13.8 Å². The van der Waals surface area contributed by atoms with Gasteiger partial charge in [-0.05, 0) is 62.9 Å². The van der Waals surface area contributed by atoms with Crippen LogP contribution in [0.2, 0.25) is 0 Å². The normalized spacial score (nSPS) is 14.9. The molecule has 0 saturated carbocycles. The molecule has 1 aliphatic rings. The van der Waals surface area contributed by atoms with Crippen molar-refractivity contribution in [3.63, 3.8) is 0 Å². The minimum absolute atomic E-state index is 0.129. The third-order valence-electron chi connectivity index (χ3n) is 5.50. The third kappa shape index (κ3) is 5.07. The van der Waals surface area contributed by atoms with Gasteiger partial charge in [0.15, 0.2) is 0 Å². The molecular formula is C23H29N3O4S. The van der Waals surface area contributed by atoms with Crippen molar-refractivity contribution in [1.82, 2.24) is 4.90 Å². The number of sulfonamides is 1. The Kier molecular flexibility index (Phi) is 6.69. The van der Waals surface area contributed by atoms with Crippen molar-refractivity contribution in [1.29, 1.82) is 0 Å². The van der Waals surface area contributed by atoms with E-state index in [0.717, 1.165) is 34.5 Å². The van der Waals surface area contributed by atoms with Crippen molar-refractivity contribution in [3.05, 3.63) is 59.2 Å². The number of aryl methyl sites for hydroxylation is 2. The van der Waals surface area contributed by atoms with Gasteiger partial charge in [0.2, 0.25) is 15.9 Å². The Morgan fingerprint density at radius 2 is 1.71 bits per heavy atom. The quantitative estimate of drug-likeness (QED) is 0.742. The van der Waals surface area contributed by atoms with Gasteiger partial charge in [0.1, 0.15) is 6.04 Å². The highest BCUT2D eigenvalue weighted by atomic mass is 32.2. The van der Waals surface area contributed by atoms with E-state index in [9.17, 15) is 18.0 Å². The fourth-order valence-electron chi connectivity index (χ4n) is 3.84. The first-order valence-corrected chi connectivity index (χ1v) is 12.2. The molecule has 0 bridgehead atoms. The first-order chi connectivity index (χ1) is 14.6. The zero-order valence-corrected chi connectivity index (χ0v) is 19.2. The first-order valence-electron chi connectivity index (χ1n) is 10.4. The van der Waals surface area contributed by atoms with Crippen LogP contribution in [0.25, 0.3) is 0 Å². The van der Waals surface area contributed by atoms with E-state index in [1.807, 2.05) is 26.0 Å². The summed E-state index contributed by atoms with van der Waals surface area (Å²) in [6, 6.07) is 11.3. The molecule has 166 valence electrons. The Morgan fingerprint density at radius 1 is 1.06 bits per heavy atom. The van der Waals surface area contributed by atoms with E-state index in [2.05, 4.69) is 5.32 Å². The summed E-state index contributed by atoms with van der Waals surface area (Å²) in [6.07, 6.45) is 3.02. The summed E-state index contributed by atoms with van der Waals surface area (Å²) < 4.78 is 26.4. The number of rotatable bonds is 6. The molecule has 1 heterocycles. The molecule has 1 N–H and O–H groups in total. The average Bonchev–Trinajstić information content (AvgIpc) is 3.24. The molecule has 8 heteroatoms. The van der Waals surface area contributed by atoms with E-state index in [-0.39, 0.29) is 5.91 Å².